The van der Waals surface area contributed by atoms with Gasteiger partial charge in [-0.3, -0.25) is 9.78 Å². The summed E-state index contributed by atoms with van der Waals surface area (Å²) in [5.74, 6) is 1.31. The zero-order chi connectivity index (χ0) is 14.5. The van der Waals surface area contributed by atoms with Gasteiger partial charge in [-0.1, -0.05) is 31.0 Å². The Labute approximate surface area is 128 Å². The zero-order valence-corrected chi connectivity index (χ0v) is 12.7. The van der Waals surface area contributed by atoms with Gasteiger partial charge >= 0.3 is 0 Å². The van der Waals surface area contributed by atoms with Gasteiger partial charge in [0.25, 0.3) is 5.56 Å². The Kier molecular flexibility index (Phi) is 4.60. The molecule has 3 rings (SSSR count). The number of nitrogens with one attached hydrogen (secondary N) is 2. The molecule has 21 heavy (non-hydrogen) atoms. The SMILES string of the molecule is O=c1cc(CSc2ccccc2)nc(NC2CCCC2)[nH]1. The summed E-state index contributed by atoms with van der Waals surface area (Å²) in [7, 11) is 0. The van der Waals surface area contributed by atoms with E-state index in [1.54, 1.807) is 17.8 Å². The van der Waals surface area contributed by atoms with Gasteiger partial charge in [0.15, 0.2) is 0 Å². The first-order chi connectivity index (χ1) is 10.3. The fraction of sp³-hybridized carbons (Fsp3) is 0.375. The molecule has 110 valence electrons. The third kappa shape index (κ3) is 4.11. The molecule has 0 amide bonds. The molecule has 0 bridgehead atoms. The highest BCUT2D eigenvalue weighted by Crippen LogP contribution is 2.22. The Hall–Kier alpha value is -1.75. The molecular weight excluding hydrogens is 282 g/mol. The van der Waals surface area contributed by atoms with Crippen LogP contribution in [0.15, 0.2) is 46.1 Å². The normalized spacial score (nSPS) is 15.2. The predicted molar refractivity (Wildman–Crippen MR) is 86.7 cm³/mol. The number of hydrogen-bond acceptors (Lipinski definition) is 4. The maximum atomic E-state index is 11.8. The van der Waals surface area contributed by atoms with Gasteiger partial charge < -0.3 is 5.32 Å². The Balaban J connectivity index is 1.67. The van der Waals surface area contributed by atoms with Crippen molar-refractivity contribution in [1.82, 2.24) is 9.97 Å². The van der Waals surface area contributed by atoms with E-state index in [0.717, 1.165) is 18.5 Å². The largest absolute Gasteiger partial charge is 0.353 e. The van der Waals surface area contributed by atoms with E-state index in [4.69, 9.17) is 0 Å². The van der Waals surface area contributed by atoms with Crippen molar-refractivity contribution in [3.05, 3.63) is 52.4 Å². The molecule has 4 nitrogen and oxygen atoms in total. The average Bonchev–Trinajstić information content (AvgIpc) is 2.99. The van der Waals surface area contributed by atoms with E-state index in [0.29, 0.717) is 17.7 Å². The molecule has 5 heteroatoms. The van der Waals surface area contributed by atoms with E-state index >= 15 is 0 Å². The van der Waals surface area contributed by atoms with Crippen molar-refractivity contribution < 1.29 is 0 Å². The highest BCUT2D eigenvalue weighted by atomic mass is 32.2. The standard InChI is InChI=1S/C16H19N3OS/c20-15-10-13(11-21-14-8-2-1-3-9-14)18-16(19-15)17-12-6-4-5-7-12/h1-3,8-10,12H,4-7,11H2,(H2,17,18,19,20). The smallest absolute Gasteiger partial charge is 0.252 e. The van der Waals surface area contributed by atoms with Crippen LogP contribution in [0.2, 0.25) is 0 Å². The van der Waals surface area contributed by atoms with Crippen molar-refractivity contribution in [2.75, 3.05) is 5.32 Å². The second-order valence-electron chi connectivity index (χ2n) is 5.31. The molecule has 1 fully saturated rings. The third-order valence-electron chi connectivity index (χ3n) is 3.62. The minimum atomic E-state index is -0.0887. The topological polar surface area (TPSA) is 57.8 Å². The molecule has 1 saturated carbocycles. The van der Waals surface area contributed by atoms with Crippen LogP contribution in [-0.2, 0) is 5.75 Å². The number of thioether (sulfide) groups is 1. The lowest BCUT2D eigenvalue weighted by Gasteiger charge is -2.12. The number of aromatic nitrogens is 2. The highest BCUT2D eigenvalue weighted by Gasteiger charge is 2.15. The number of hydrogen-bond donors (Lipinski definition) is 2. The summed E-state index contributed by atoms with van der Waals surface area (Å²) < 4.78 is 0. The van der Waals surface area contributed by atoms with Crippen molar-refractivity contribution in [1.29, 1.82) is 0 Å². The van der Waals surface area contributed by atoms with Crippen molar-refractivity contribution in [2.45, 2.75) is 42.4 Å². The molecule has 1 aromatic heterocycles. The van der Waals surface area contributed by atoms with E-state index in [-0.39, 0.29) is 5.56 Å². The summed E-state index contributed by atoms with van der Waals surface area (Å²) >= 11 is 1.69. The van der Waals surface area contributed by atoms with Crippen molar-refractivity contribution in [3.63, 3.8) is 0 Å². The Morgan fingerprint density at radius 3 is 2.76 bits per heavy atom. The maximum absolute atomic E-state index is 11.8. The molecule has 1 heterocycles. The summed E-state index contributed by atoms with van der Waals surface area (Å²) in [6, 6.07) is 12.2. The molecule has 0 spiro atoms. The molecule has 0 radical (unpaired) electrons. The van der Waals surface area contributed by atoms with E-state index in [9.17, 15) is 4.79 Å². The van der Waals surface area contributed by atoms with Crippen LogP contribution in [0.4, 0.5) is 5.95 Å². The summed E-state index contributed by atoms with van der Waals surface area (Å²) in [5, 5.41) is 3.34. The minimum Gasteiger partial charge on any atom is -0.353 e. The van der Waals surface area contributed by atoms with Gasteiger partial charge in [-0.25, -0.2) is 4.98 Å². The summed E-state index contributed by atoms with van der Waals surface area (Å²) in [6.07, 6.45) is 4.83. The van der Waals surface area contributed by atoms with Crippen molar-refractivity contribution in [3.8, 4) is 0 Å². The summed E-state index contributed by atoms with van der Waals surface area (Å²) in [6.45, 7) is 0. The van der Waals surface area contributed by atoms with Crippen LogP contribution in [0.25, 0.3) is 0 Å². The van der Waals surface area contributed by atoms with E-state index in [2.05, 4.69) is 27.4 Å². The second-order valence-corrected chi connectivity index (χ2v) is 6.36. The van der Waals surface area contributed by atoms with Crippen LogP contribution in [-0.4, -0.2) is 16.0 Å². The van der Waals surface area contributed by atoms with Crippen molar-refractivity contribution >= 4 is 17.7 Å². The summed E-state index contributed by atoms with van der Waals surface area (Å²) in [4.78, 5) is 20.2. The van der Waals surface area contributed by atoms with E-state index in [1.165, 1.54) is 17.7 Å². The number of H-pyrrole nitrogens is 1. The highest BCUT2D eigenvalue weighted by molar-refractivity contribution is 7.98. The monoisotopic (exact) mass is 301 g/mol. The zero-order valence-electron chi connectivity index (χ0n) is 11.8. The first-order valence-corrected chi connectivity index (χ1v) is 8.33. The van der Waals surface area contributed by atoms with Gasteiger partial charge in [0.2, 0.25) is 5.95 Å². The maximum Gasteiger partial charge on any atom is 0.252 e. The second kappa shape index (κ2) is 6.80. The number of anilines is 1. The lowest BCUT2D eigenvalue weighted by Crippen LogP contribution is -2.20. The quantitative estimate of drug-likeness (QED) is 0.831. The first kappa shape index (κ1) is 14.2. The first-order valence-electron chi connectivity index (χ1n) is 7.34. The third-order valence-corrected chi connectivity index (χ3v) is 4.67. The van der Waals surface area contributed by atoms with E-state index in [1.807, 2.05) is 18.2 Å². The van der Waals surface area contributed by atoms with Gasteiger partial charge in [-0.15, -0.1) is 11.8 Å². The van der Waals surface area contributed by atoms with E-state index < -0.39 is 0 Å². The van der Waals surface area contributed by atoms with Crippen LogP contribution in [0.3, 0.4) is 0 Å². The molecule has 0 saturated heterocycles. The Morgan fingerprint density at radius 2 is 2.00 bits per heavy atom. The number of nitrogens with zero attached hydrogens (tertiary/aromatic N) is 1. The van der Waals surface area contributed by atoms with Crippen molar-refractivity contribution in [2.24, 2.45) is 0 Å². The van der Waals surface area contributed by atoms with Crippen LogP contribution >= 0.6 is 11.8 Å². The molecule has 0 unspecified atom stereocenters. The van der Waals surface area contributed by atoms with Crippen LogP contribution in [0.1, 0.15) is 31.4 Å². The van der Waals surface area contributed by atoms with Crippen LogP contribution < -0.4 is 10.9 Å². The molecule has 1 aliphatic carbocycles. The van der Waals surface area contributed by atoms with Gasteiger partial charge in [0, 0.05) is 22.8 Å². The number of benzene rings is 1. The molecule has 1 aromatic carbocycles. The minimum absolute atomic E-state index is 0.0887. The molecule has 2 N–H and O–H groups in total. The lowest BCUT2D eigenvalue weighted by atomic mass is 10.2. The van der Waals surface area contributed by atoms with Gasteiger partial charge in [0.05, 0.1) is 5.69 Å². The fourth-order valence-electron chi connectivity index (χ4n) is 2.59. The molecule has 0 atom stereocenters. The fourth-order valence-corrected chi connectivity index (χ4v) is 3.40. The lowest BCUT2D eigenvalue weighted by molar-refractivity contribution is 0.741. The molecule has 1 aliphatic rings. The molecule has 0 aliphatic heterocycles. The molecular formula is C16H19N3OS. The Bertz CT molecular complexity index is 635. The number of rotatable bonds is 5. The van der Waals surface area contributed by atoms with Crippen LogP contribution in [0.5, 0.6) is 0 Å². The Morgan fingerprint density at radius 1 is 1.24 bits per heavy atom. The van der Waals surface area contributed by atoms with Gasteiger partial charge in [0.1, 0.15) is 0 Å². The predicted octanol–water partition coefficient (Wildman–Crippen LogP) is 3.42. The van der Waals surface area contributed by atoms with Gasteiger partial charge in [-0.2, -0.15) is 0 Å². The van der Waals surface area contributed by atoms with Gasteiger partial charge in [-0.05, 0) is 25.0 Å². The molecule has 2 aromatic rings. The summed E-state index contributed by atoms with van der Waals surface area (Å²) in [5.41, 5.74) is 0.724. The number of aromatic amines is 1. The van der Waals surface area contributed by atoms with Crippen LogP contribution in [0, 0.1) is 0 Å². The average molecular weight is 301 g/mol.